The normalized spacial score (nSPS) is 10.9. The molecule has 7 heteroatoms. The minimum atomic E-state index is -3.44. The molecule has 0 aliphatic carbocycles. The number of aliphatic carboxylic acids is 1. The van der Waals surface area contributed by atoms with Crippen LogP contribution in [0.2, 0.25) is 0 Å². The van der Waals surface area contributed by atoms with Crippen LogP contribution in [0, 0.1) is 0 Å². The third-order valence-electron chi connectivity index (χ3n) is 2.20. The van der Waals surface area contributed by atoms with Crippen molar-refractivity contribution in [1.29, 1.82) is 0 Å². The van der Waals surface area contributed by atoms with E-state index in [0.717, 1.165) is 25.7 Å². The Labute approximate surface area is 146 Å². The van der Waals surface area contributed by atoms with Gasteiger partial charge in [0.25, 0.3) is 0 Å². The number of hydrogen-bond donors (Lipinski definition) is 1. The number of unbranched alkanes of at least 4 members (excludes halogenated alkanes) is 5. The smallest absolute Gasteiger partial charge is 0.549 e. The number of carbonyl (C=O) groups is 1. The molecule has 1 N–H and O–H groups in total. The average molecular weight is 289 g/mol. The summed E-state index contributed by atoms with van der Waals surface area (Å²) >= 11 is 0. The number of nitrogens with one attached hydrogen (secondary N) is 1. The molecule has 0 atom stereocenters. The third-order valence-corrected chi connectivity index (χ3v) is 3.61. The van der Waals surface area contributed by atoms with E-state index in [1.165, 1.54) is 6.42 Å². The van der Waals surface area contributed by atoms with Gasteiger partial charge in [-0.2, -0.15) is 0 Å². The van der Waals surface area contributed by atoms with Gasteiger partial charge in [-0.15, -0.1) is 0 Å². The number of sulfonamides is 1. The first-order valence-electron chi connectivity index (χ1n) is 5.65. The summed E-state index contributed by atoms with van der Waals surface area (Å²) < 4.78 is 24.4. The first-order chi connectivity index (χ1) is 7.48. The van der Waals surface area contributed by atoms with Gasteiger partial charge in [-0.25, -0.2) is 13.1 Å². The predicted molar refractivity (Wildman–Crippen MR) is 60.2 cm³/mol. The fourth-order valence-corrected chi connectivity index (χ4v) is 2.38. The fraction of sp³-hybridized carbons (Fsp3) is 0.900. The summed E-state index contributed by atoms with van der Waals surface area (Å²) in [4.78, 5) is 10.1. The molecular weight excluding hydrogens is 269 g/mol. The van der Waals surface area contributed by atoms with Gasteiger partial charge in [0.15, 0.2) is 0 Å². The first-order valence-corrected chi connectivity index (χ1v) is 7.30. The van der Waals surface area contributed by atoms with Crippen molar-refractivity contribution < 1.29 is 69.7 Å². The Kier molecular flexibility index (Phi) is 14.4. The van der Waals surface area contributed by atoms with E-state index in [0.29, 0.717) is 6.42 Å². The minimum absolute atomic E-state index is 0. The second-order valence-corrected chi connectivity index (χ2v) is 5.71. The second kappa shape index (κ2) is 12.1. The van der Waals surface area contributed by atoms with E-state index < -0.39 is 22.5 Å². The van der Waals surface area contributed by atoms with Gasteiger partial charge in [0.1, 0.15) is 0 Å². The van der Waals surface area contributed by atoms with Crippen molar-refractivity contribution in [2.24, 2.45) is 0 Å². The Bertz CT molecular complexity index is 293. The van der Waals surface area contributed by atoms with Gasteiger partial charge in [0, 0.05) is 0 Å². The third kappa shape index (κ3) is 15.0. The van der Waals surface area contributed by atoms with Crippen molar-refractivity contribution >= 4 is 16.0 Å². The molecule has 0 amide bonds. The molecule has 0 heterocycles. The fourth-order valence-electron chi connectivity index (χ4n) is 1.31. The molecule has 5 nitrogen and oxygen atoms in total. The van der Waals surface area contributed by atoms with Gasteiger partial charge in [0.2, 0.25) is 10.0 Å². The molecular formula is C10H20KNO4S. The summed E-state index contributed by atoms with van der Waals surface area (Å²) in [6.45, 7) is 1.48. The van der Waals surface area contributed by atoms with Crippen molar-refractivity contribution in [2.45, 2.75) is 45.4 Å². The molecule has 0 fully saturated rings. The summed E-state index contributed by atoms with van der Waals surface area (Å²) in [5, 5.41) is 10.1. The number of carboxylic acids is 1. The topological polar surface area (TPSA) is 86.3 Å². The zero-order valence-electron chi connectivity index (χ0n) is 10.7. The molecule has 0 aromatic heterocycles. The van der Waals surface area contributed by atoms with Gasteiger partial charge < -0.3 is 9.90 Å². The Balaban J connectivity index is 0. The van der Waals surface area contributed by atoms with Crippen molar-refractivity contribution in [3.63, 3.8) is 0 Å². The van der Waals surface area contributed by atoms with E-state index in [9.17, 15) is 18.3 Å². The summed E-state index contributed by atoms with van der Waals surface area (Å²) in [5.41, 5.74) is 0. The Morgan fingerprint density at radius 1 is 1.12 bits per heavy atom. The van der Waals surface area contributed by atoms with Crippen LogP contribution in [0.25, 0.3) is 0 Å². The summed E-state index contributed by atoms with van der Waals surface area (Å²) in [6, 6.07) is 0. The SMILES string of the molecule is CCCCCCCCS(=O)(=O)NCC(=O)[O-].[K+]. The van der Waals surface area contributed by atoms with Crippen molar-refractivity contribution in [2.75, 3.05) is 12.3 Å². The molecule has 0 saturated heterocycles. The van der Waals surface area contributed by atoms with E-state index in [1.54, 1.807) is 0 Å². The van der Waals surface area contributed by atoms with Crippen LogP contribution >= 0.6 is 0 Å². The predicted octanol–water partition coefficient (Wildman–Crippen LogP) is -2.98. The Morgan fingerprint density at radius 2 is 1.65 bits per heavy atom. The van der Waals surface area contributed by atoms with Crippen LogP contribution in [0.1, 0.15) is 45.4 Å². The van der Waals surface area contributed by atoms with Crippen LogP contribution in [0.15, 0.2) is 0 Å². The van der Waals surface area contributed by atoms with Gasteiger partial charge in [-0.3, -0.25) is 0 Å². The quantitative estimate of drug-likeness (QED) is 0.343. The molecule has 0 rings (SSSR count). The van der Waals surface area contributed by atoms with Gasteiger partial charge in [0.05, 0.1) is 18.3 Å². The van der Waals surface area contributed by atoms with E-state index >= 15 is 0 Å². The molecule has 17 heavy (non-hydrogen) atoms. The number of carboxylic acid groups (broad SMARTS) is 1. The van der Waals surface area contributed by atoms with Crippen LogP contribution in [0.3, 0.4) is 0 Å². The molecule has 0 bridgehead atoms. The Hall–Kier alpha value is 1.02. The maximum absolute atomic E-state index is 11.2. The van der Waals surface area contributed by atoms with E-state index in [-0.39, 0.29) is 57.1 Å². The Morgan fingerprint density at radius 3 is 2.18 bits per heavy atom. The standard InChI is InChI=1S/C10H21NO4S.K/c1-2-3-4-5-6-7-8-16(14,15)11-9-10(12)13;/h11H,2-9H2,1H3,(H,12,13);/q;+1/p-1. The van der Waals surface area contributed by atoms with Crippen molar-refractivity contribution in [1.82, 2.24) is 4.72 Å². The second-order valence-electron chi connectivity index (χ2n) is 3.78. The molecule has 0 radical (unpaired) electrons. The van der Waals surface area contributed by atoms with Crippen LogP contribution in [0.5, 0.6) is 0 Å². The molecule has 0 unspecified atom stereocenters. The number of rotatable bonds is 10. The van der Waals surface area contributed by atoms with Gasteiger partial charge in [-0.05, 0) is 6.42 Å². The summed E-state index contributed by atoms with van der Waals surface area (Å²) in [5.74, 6) is -1.42. The first kappa shape index (κ1) is 20.3. The largest absolute Gasteiger partial charge is 1.00 e. The van der Waals surface area contributed by atoms with Crippen LogP contribution < -0.4 is 61.2 Å². The maximum Gasteiger partial charge on any atom is 1.00 e. The molecule has 0 aromatic rings. The molecule has 0 aromatic carbocycles. The average Bonchev–Trinajstić information content (AvgIpc) is 2.21. The minimum Gasteiger partial charge on any atom is -0.549 e. The number of hydrogen-bond acceptors (Lipinski definition) is 4. The van der Waals surface area contributed by atoms with Crippen LogP contribution in [0.4, 0.5) is 0 Å². The molecule has 0 aliphatic heterocycles. The summed E-state index contributed by atoms with van der Waals surface area (Å²) in [6.07, 6.45) is 5.94. The van der Waals surface area contributed by atoms with E-state index in [2.05, 4.69) is 6.92 Å². The van der Waals surface area contributed by atoms with E-state index in [1.807, 2.05) is 4.72 Å². The molecule has 0 aliphatic rings. The van der Waals surface area contributed by atoms with Gasteiger partial charge >= 0.3 is 51.4 Å². The zero-order valence-corrected chi connectivity index (χ0v) is 14.6. The monoisotopic (exact) mass is 289 g/mol. The summed E-state index contributed by atoms with van der Waals surface area (Å²) in [7, 11) is -3.44. The van der Waals surface area contributed by atoms with Crippen molar-refractivity contribution in [3.8, 4) is 0 Å². The van der Waals surface area contributed by atoms with Crippen LogP contribution in [-0.4, -0.2) is 26.7 Å². The molecule has 0 saturated carbocycles. The maximum atomic E-state index is 11.2. The van der Waals surface area contributed by atoms with E-state index in [4.69, 9.17) is 0 Å². The van der Waals surface area contributed by atoms with Crippen molar-refractivity contribution in [3.05, 3.63) is 0 Å². The zero-order chi connectivity index (χ0) is 12.4. The number of carbonyl (C=O) groups excluding carboxylic acids is 1. The van der Waals surface area contributed by atoms with Gasteiger partial charge in [-0.1, -0.05) is 39.0 Å². The van der Waals surface area contributed by atoms with Crippen LogP contribution in [-0.2, 0) is 14.8 Å². The molecule has 0 spiro atoms. The molecule has 96 valence electrons.